The normalized spacial score (nSPS) is 17.6. The van der Waals surface area contributed by atoms with Crippen molar-refractivity contribution in [3.05, 3.63) is 40.3 Å². The second-order valence-corrected chi connectivity index (χ2v) is 7.06. The second kappa shape index (κ2) is 8.45. The van der Waals surface area contributed by atoms with Crippen LogP contribution in [0.1, 0.15) is 31.4 Å². The smallest absolute Gasteiger partial charge is 0.272 e. The topological polar surface area (TPSA) is 64.4 Å². The molecule has 3 rings (SSSR count). The fourth-order valence-corrected chi connectivity index (χ4v) is 3.76. The van der Waals surface area contributed by atoms with Gasteiger partial charge in [-0.15, -0.1) is 0 Å². The fraction of sp³-hybridized carbons (Fsp3) is 0.550. The Balaban J connectivity index is 1.75. The molecule has 6 heteroatoms. The lowest BCUT2D eigenvalue weighted by Gasteiger charge is -2.33. The van der Waals surface area contributed by atoms with Crippen LogP contribution in [0.4, 0.5) is 0 Å². The largest absolute Gasteiger partial charge is 0.385 e. The van der Waals surface area contributed by atoms with E-state index in [1.165, 1.54) is 0 Å². The van der Waals surface area contributed by atoms with E-state index in [0.29, 0.717) is 17.1 Å². The molecule has 1 atom stereocenters. The van der Waals surface area contributed by atoms with Gasteiger partial charge in [0.15, 0.2) is 0 Å². The van der Waals surface area contributed by atoms with Crippen LogP contribution in [0.5, 0.6) is 0 Å². The molecule has 1 aliphatic heterocycles. The molecule has 0 aliphatic carbocycles. The van der Waals surface area contributed by atoms with Crippen LogP contribution in [0.3, 0.4) is 0 Å². The maximum absolute atomic E-state index is 12.9. The minimum absolute atomic E-state index is 0.0132. The zero-order valence-electron chi connectivity index (χ0n) is 15.6. The summed E-state index contributed by atoms with van der Waals surface area (Å²) in [6, 6.07) is 7.48. The van der Waals surface area contributed by atoms with Crippen molar-refractivity contribution >= 4 is 16.9 Å². The Labute approximate surface area is 153 Å². The summed E-state index contributed by atoms with van der Waals surface area (Å²) in [6.45, 7) is 4.09. The van der Waals surface area contributed by atoms with E-state index in [-0.39, 0.29) is 18.0 Å². The van der Waals surface area contributed by atoms with Gasteiger partial charge in [-0.05, 0) is 50.7 Å². The highest BCUT2D eigenvalue weighted by molar-refractivity contribution is 5.80. The minimum Gasteiger partial charge on any atom is -0.385 e. The van der Waals surface area contributed by atoms with Gasteiger partial charge in [0.2, 0.25) is 5.91 Å². The molecule has 2 aromatic rings. The molecular formula is C20H27N3O3. The molecule has 1 aromatic heterocycles. The van der Waals surface area contributed by atoms with Crippen molar-refractivity contribution in [3.8, 4) is 0 Å². The molecule has 1 aliphatic rings. The van der Waals surface area contributed by atoms with E-state index >= 15 is 0 Å². The first-order chi connectivity index (χ1) is 12.6. The molecule has 0 N–H and O–H groups in total. The number of aromatic nitrogens is 2. The van der Waals surface area contributed by atoms with Gasteiger partial charge in [0, 0.05) is 26.8 Å². The van der Waals surface area contributed by atoms with Gasteiger partial charge in [0.25, 0.3) is 5.56 Å². The maximum atomic E-state index is 12.9. The third kappa shape index (κ3) is 4.12. The van der Waals surface area contributed by atoms with Crippen molar-refractivity contribution in [3.63, 3.8) is 0 Å². The molecule has 0 radical (unpaired) electrons. The fourth-order valence-electron chi connectivity index (χ4n) is 3.76. The van der Waals surface area contributed by atoms with Gasteiger partial charge in [0.05, 0.1) is 11.0 Å². The van der Waals surface area contributed by atoms with Gasteiger partial charge in [0.1, 0.15) is 12.2 Å². The lowest BCUT2D eigenvalue weighted by Crippen LogP contribution is -2.43. The number of aryl methyl sites for hydroxylation is 1. The number of amides is 1. The van der Waals surface area contributed by atoms with Crippen LogP contribution in [0.2, 0.25) is 0 Å². The van der Waals surface area contributed by atoms with Crippen LogP contribution in [-0.2, 0) is 16.1 Å². The predicted molar refractivity (Wildman–Crippen MR) is 101 cm³/mol. The van der Waals surface area contributed by atoms with E-state index < -0.39 is 0 Å². The summed E-state index contributed by atoms with van der Waals surface area (Å²) in [6.07, 6.45) is 4.28. The SMILES string of the molecule is COCCCC1CCCN(C(=O)Cn2c(=O)c(C)nc3ccccc32)C1. The van der Waals surface area contributed by atoms with Gasteiger partial charge in [-0.3, -0.25) is 14.2 Å². The monoisotopic (exact) mass is 357 g/mol. The summed E-state index contributed by atoms with van der Waals surface area (Å²) in [7, 11) is 1.72. The van der Waals surface area contributed by atoms with E-state index in [0.717, 1.165) is 50.9 Å². The Morgan fingerprint density at radius 2 is 2.15 bits per heavy atom. The molecule has 1 fully saturated rings. The molecule has 6 nitrogen and oxygen atoms in total. The van der Waals surface area contributed by atoms with Crippen LogP contribution in [0.25, 0.3) is 11.0 Å². The van der Waals surface area contributed by atoms with Crippen LogP contribution >= 0.6 is 0 Å². The highest BCUT2D eigenvalue weighted by Gasteiger charge is 2.24. The number of nitrogens with zero attached hydrogens (tertiary/aromatic N) is 3. The Morgan fingerprint density at radius 3 is 2.96 bits per heavy atom. The molecule has 2 heterocycles. The molecule has 0 spiro atoms. The Hall–Kier alpha value is -2.21. The predicted octanol–water partition coefficient (Wildman–Crippen LogP) is 2.37. The number of likely N-dealkylation sites (tertiary alicyclic amines) is 1. The molecule has 26 heavy (non-hydrogen) atoms. The summed E-state index contributed by atoms with van der Waals surface area (Å²) >= 11 is 0. The molecule has 1 saturated heterocycles. The zero-order chi connectivity index (χ0) is 18.5. The van der Waals surface area contributed by atoms with Gasteiger partial charge >= 0.3 is 0 Å². The van der Waals surface area contributed by atoms with Crippen LogP contribution in [0.15, 0.2) is 29.1 Å². The van der Waals surface area contributed by atoms with Gasteiger partial charge in [-0.2, -0.15) is 0 Å². The summed E-state index contributed by atoms with van der Waals surface area (Å²) in [5.41, 5.74) is 1.69. The summed E-state index contributed by atoms with van der Waals surface area (Å²) in [4.78, 5) is 31.7. The number of benzene rings is 1. The lowest BCUT2D eigenvalue weighted by molar-refractivity contribution is -0.133. The van der Waals surface area contributed by atoms with E-state index in [1.54, 1.807) is 18.6 Å². The number of para-hydroxylation sites is 2. The molecule has 140 valence electrons. The third-order valence-corrected chi connectivity index (χ3v) is 5.14. The van der Waals surface area contributed by atoms with Gasteiger partial charge in [-0.1, -0.05) is 12.1 Å². The molecule has 0 saturated carbocycles. The first-order valence-corrected chi connectivity index (χ1v) is 9.33. The van der Waals surface area contributed by atoms with Crippen LogP contribution in [-0.4, -0.2) is 47.2 Å². The second-order valence-electron chi connectivity index (χ2n) is 7.06. The van der Waals surface area contributed by atoms with Crippen LogP contribution in [0, 0.1) is 12.8 Å². The quantitative estimate of drug-likeness (QED) is 0.745. The number of piperidine rings is 1. The minimum atomic E-state index is -0.189. The Kier molecular flexibility index (Phi) is 6.04. The first-order valence-electron chi connectivity index (χ1n) is 9.33. The number of rotatable bonds is 6. The van der Waals surface area contributed by atoms with Crippen molar-refractivity contribution < 1.29 is 9.53 Å². The van der Waals surface area contributed by atoms with Gasteiger partial charge in [-0.25, -0.2) is 4.98 Å². The van der Waals surface area contributed by atoms with Crippen molar-refractivity contribution in [2.24, 2.45) is 5.92 Å². The number of carbonyl (C=O) groups is 1. The molecule has 1 aromatic carbocycles. The summed E-state index contributed by atoms with van der Waals surface area (Å²) < 4.78 is 6.69. The molecular weight excluding hydrogens is 330 g/mol. The van der Waals surface area contributed by atoms with E-state index in [2.05, 4.69) is 4.98 Å². The van der Waals surface area contributed by atoms with Gasteiger partial charge < -0.3 is 9.64 Å². The maximum Gasteiger partial charge on any atom is 0.272 e. The first kappa shape index (κ1) is 18.6. The number of hydrogen-bond acceptors (Lipinski definition) is 4. The zero-order valence-corrected chi connectivity index (χ0v) is 15.6. The average Bonchev–Trinajstić information content (AvgIpc) is 2.66. The summed E-state index contributed by atoms with van der Waals surface area (Å²) in [5, 5.41) is 0. The number of ether oxygens (including phenoxy) is 1. The van der Waals surface area contributed by atoms with Crippen molar-refractivity contribution in [2.45, 2.75) is 39.2 Å². The Bertz CT molecular complexity index is 831. The van der Waals surface area contributed by atoms with Crippen molar-refractivity contribution in [1.82, 2.24) is 14.5 Å². The molecule has 1 amide bonds. The number of methoxy groups -OCH3 is 1. The average molecular weight is 357 g/mol. The van der Waals surface area contributed by atoms with E-state index in [4.69, 9.17) is 4.74 Å². The van der Waals surface area contributed by atoms with E-state index in [1.807, 2.05) is 29.2 Å². The summed E-state index contributed by atoms with van der Waals surface area (Å²) in [5.74, 6) is 0.537. The highest BCUT2D eigenvalue weighted by atomic mass is 16.5. The lowest BCUT2D eigenvalue weighted by atomic mass is 9.93. The standard InChI is InChI=1S/C20H27N3O3/c1-15-20(25)23(18-10-4-3-9-17(18)21-15)14-19(24)22-11-5-7-16(13-22)8-6-12-26-2/h3-4,9-10,16H,5-8,11-14H2,1-2H3. The van der Waals surface area contributed by atoms with E-state index in [9.17, 15) is 9.59 Å². The van der Waals surface area contributed by atoms with Crippen molar-refractivity contribution in [2.75, 3.05) is 26.8 Å². The van der Waals surface area contributed by atoms with Crippen LogP contribution < -0.4 is 5.56 Å². The number of fused-ring (bicyclic) bond motifs is 1. The third-order valence-electron chi connectivity index (χ3n) is 5.14. The number of carbonyl (C=O) groups excluding carboxylic acids is 1. The Morgan fingerprint density at radius 1 is 1.35 bits per heavy atom. The molecule has 0 bridgehead atoms. The molecule has 1 unspecified atom stereocenters. The highest BCUT2D eigenvalue weighted by Crippen LogP contribution is 2.21. The number of hydrogen-bond donors (Lipinski definition) is 0. The van der Waals surface area contributed by atoms with Crippen molar-refractivity contribution in [1.29, 1.82) is 0 Å².